The van der Waals surface area contributed by atoms with Gasteiger partial charge in [-0.2, -0.15) is 4.58 Å². The quantitative estimate of drug-likeness (QED) is 0.553. The van der Waals surface area contributed by atoms with Crippen molar-refractivity contribution in [3.8, 4) is 0 Å². The maximum absolute atomic E-state index is 13.0. The fourth-order valence-corrected chi connectivity index (χ4v) is 2.89. The Bertz CT molecular complexity index is 491. The minimum Gasteiger partial charge on any atom is -0.207 e. The molecule has 114 valence electrons. The monoisotopic (exact) mass is 288 g/mol. The van der Waals surface area contributed by atoms with Crippen molar-refractivity contribution in [3.63, 3.8) is 0 Å². The Morgan fingerprint density at radius 1 is 1.00 bits per heavy atom. The number of benzene rings is 1. The summed E-state index contributed by atoms with van der Waals surface area (Å²) < 4.78 is 15.4. The number of rotatable bonds is 9. The Balaban J connectivity index is 2.01. The highest BCUT2D eigenvalue weighted by Gasteiger charge is 2.24. The van der Waals surface area contributed by atoms with Gasteiger partial charge in [-0.05, 0) is 37.1 Å². The first-order valence-corrected chi connectivity index (χ1v) is 8.32. The van der Waals surface area contributed by atoms with E-state index in [0.29, 0.717) is 0 Å². The van der Waals surface area contributed by atoms with Crippen molar-refractivity contribution in [1.82, 2.24) is 0 Å². The van der Waals surface area contributed by atoms with Gasteiger partial charge in [0.05, 0.1) is 6.08 Å². The van der Waals surface area contributed by atoms with Gasteiger partial charge in [0.1, 0.15) is 5.82 Å². The Hall–Kier alpha value is -1.44. The van der Waals surface area contributed by atoms with Crippen molar-refractivity contribution >= 4 is 5.71 Å². The Morgan fingerprint density at radius 2 is 1.62 bits per heavy atom. The third-order valence-corrected chi connectivity index (χ3v) is 4.25. The molecule has 2 heteroatoms. The summed E-state index contributed by atoms with van der Waals surface area (Å²) in [5, 5.41) is 0. The van der Waals surface area contributed by atoms with Crippen LogP contribution in [-0.4, -0.2) is 16.8 Å². The highest BCUT2D eigenvalue weighted by atomic mass is 19.1. The summed E-state index contributed by atoms with van der Waals surface area (Å²) in [6.07, 6.45) is 12.1. The van der Waals surface area contributed by atoms with Gasteiger partial charge in [-0.3, -0.25) is 0 Å². The first-order valence-electron chi connectivity index (χ1n) is 8.32. The predicted molar refractivity (Wildman–Crippen MR) is 87.3 cm³/mol. The maximum Gasteiger partial charge on any atom is 0.218 e. The van der Waals surface area contributed by atoms with Crippen LogP contribution in [0.25, 0.3) is 0 Å². The Kier molecular flexibility index (Phi) is 6.16. The third kappa shape index (κ3) is 4.52. The molecule has 2 rings (SSSR count). The van der Waals surface area contributed by atoms with Crippen molar-refractivity contribution < 1.29 is 8.97 Å². The highest BCUT2D eigenvalue weighted by Crippen LogP contribution is 2.19. The van der Waals surface area contributed by atoms with E-state index in [2.05, 4.69) is 30.7 Å². The molecular formula is C19H27FN+. The van der Waals surface area contributed by atoms with Crippen molar-refractivity contribution in [2.24, 2.45) is 5.92 Å². The van der Waals surface area contributed by atoms with Gasteiger partial charge in [-0.15, -0.1) is 0 Å². The zero-order valence-corrected chi connectivity index (χ0v) is 13.3. The second-order valence-electron chi connectivity index (χ2n) is 6.01. The van der Waals surface area contributed by atoms with E-state index in [1.807, 2.05) is 12.1 Å². The van der Waals surface area contributed by atoms with Crippen LogP contribution in [0, 0.1) is 11.7 Å². The molecule has 0 saturated carbocycles. The van der Waals surface area contributed by atoms with Crippen LogP contribution in [0.4, 0.5) is 4.39 Å². The van der Waals surface area contributed by atoms with Gasteiger partial charge in [0, 0.05) is 11.5 Å². The zero-order valence-electron chi connectivity index (χ0n) is 13.3. The molecule has 1 nitrogen and oxygen atoms in total. The molecule has 1 aromatic carbocycles. The number of allylic oxidation sites excluding steroid dienone is 1. The lowest BCUT2D eigenvalue weighted by atomic mass is 9.95. The minimum absolute atomic E-state index is 0.169. The zero-order chi connectivity index (χ0) is 15.1. The van der Waals surface area contributed by atoms with Crippen molar-refractivity contribution in [1.29, 1.82) is 0 Å². The van der Waals surface area contributed by atoms with Gasteiger partial charge in [0.25, 0.3) is 0 Å². The van der Waals surface area contributed by atoms with Crippen LogP contribution in [0.15, 0.2) is 36.5 Å². The molecule has 0 aromatic heterocycles. The summed E-state index contributed by atoms with van der Waals surface area (Å²) in [4.78, 5) is 0. The first-order chi connectivity index (χ1) is 10.2. The fourth-order valence-electron chi connectivity index (χ4n) is 2.89. The van der Waals surface area contributed by atoms with Crippen LogP contribution < -0.4 is 0 Å². The molecule has 1 heterocycles. The molecule has 0 N–H and O–H groups in total. The second-order valence-corrected chi connectivity index (χ2v) is 6.01. The topological polar surface area (TPSA) is 3.01 Å². The predicted octanol–water partition coefficient (Wildman–Crippen LogP) is 5.15. The Labute approximate surface area is 128 Å². The van der Waals surface area contributed by atoms with Gasteiger partial charge in [-0.25, -0.2) is 4.39 Å². The summed E-state index contributed by atoms with van der Waals surface area (Å²) in [7, 11) is 0. The van der Waals surface area contributed by atoms with E-state index in [1.54, 1.807) is 12.1 Å². The van der Waals surface area contributed by atoms with Gasteiger partial charge in [0.15, 0.2) is 12.7 Å². The van der Waals surface area contributed by atoms with E-state index in [4.69, 9.17) is 0 Å². The van der Waals surface area contributed by atoms with Crippen LogP contribution in [0.2, 0.25) is 0 Å². The molecule has 1 aliphatic heterocycles. The summed E-state index contributed by atoms with van der Waals surface area (Å²) in [5.41, 5.74) is 2.34. The van der Waals surface area contributed by atoms with E-state index in [0.717, 1.165) is 18.0 Å². The lowest BCUT2D eigenvalue weighted by Crippen LogP contribution is -2.28. The molecular weight excluding hydrogens is 261 g/mol. The number of hydrogen-bond donors (Lipinski definition) is 0. The molecule has 0 bridgehead atoms. The van der Waals surface area contributed by atoms with E-state index < -0.39 is 0 Å². The SMILES string of the molecule is CCCCC(CCCC)C[N+]1=C(c2ccc(F)cc2)C=C1. The number of hydrogen-bond acceptors (Lipinski definition) is 0. The Morgan fingerprint density at radius 3 is 2.10 bits per heavy atom. The molecule has 0 saturated heterocycles. The van der Waals surface area contributed by atoms with Crippen LogP contribution in [0.1, 0.15) is 57.9 Å². The van der Waals surface area contributed by atoms with E-state index >= 15 is 0 Å². The highest BCUT2D eigenvalue weighted by molar-refractivity contribution is 6.07. The molecule has 0 amide bonds. The second kappa shape index (κ2) is 8.11. The van der Waals surface area contributed by atoms with Gasteiger partial charge in [0.2, 0.25) is 5.71 Å². The van der Waals surface area contributed by atoms with Crippen LogP contribution in [0.5, 0.6) is 0 Å². The normalized spacial score (nSPS) is 13.9. The molecule has 0 atom stereocenters. The molecule has 1 aliphatic rings. The summed E-state index contributed by atoms with van der Waals surface area (Å²) in [6, 6.07) is 6.82. The molecule has 1 aromatic rings. The standard InChI is InChI=1S/C19H27FN/c1-3-5-7-16(8-6-4-2)15-21-14-13-19(21)17-9-11-18(20)12-10-17/h9-14,16H,3-8,15H2,1-2H3/q+1. The maximum atomic E-state index is 13.0. The van der Waals surface area contributed by atoms with Crippen molar-refractivity contribution in [3.05, 3.63) is 47.9 Å². The summed E-state index contributed by atoms with van der Waals surface area (Å²) >= 11 is 0. The number of halogens is 1. The largest absolute Gasteiger partial charge is 0.218 e. The van der Waals surface area contributed by atoms with E-state index in [-0.39, 0.29) is 5.82 Å². The average molecular weight is 288 g/mol. The summed E-state index contributed by atoms with van der Waals surface area (Å²) in [6.45, 7) is 5.62. The lowest BCUT2D eigenvalue weighted by Gasteiger charge is -2.17. The molecule has 0 fully saturated rings. The van der Waals surface area contributed by atoms with Gasteiger partial charge >= 0.3 is 0 Å². The fraction of sp³-hybridized carbons (Fsp3) is 0.526. The molecule has 0 spiro atoms. The van der Waals surface area contributed by atoms with E-state index in [1.165, 1.54) is 44.2 Å². The molecule has 0 radical (unpaired) electrons. The lowest BCUT2D eigenvalue weighted by molar-refractivity contribution is -0.475. The number of unbranched alkanes of at least 4 members (excludes halogenated alkanes) is 2. The van der Waals surface area contributed by atoms with Gasteiger partial charge in [-0.1, -0.05) is 39.5 Å². The summed E-state index contributed by atoms with van der Waals surface area (Å²) in [5.74, 6) is 0.600. The van der Waals surface area contributed by atoms with Crippen LogP contribution >= 0.6 is 0 Å². The van der Waals surface area contributed by atoms with E-state index in [9.17, 15) is 4.39 Å². The molecule has 0 unspecified atom stereocenters. The average Bonchev–Trinajstić information content (AvgIpc) is 2.47. The van der Waals surface area contributed by atoms with Crippen LogP contribution in [0.3, 0.4) is 0 Å². The minimum atomic E-state index is -0.169. The smallest absolute Gasteiger partial charge is 0.207 e. The first kappa shape index (κ1) is 15.9. The van der Waals surface area contributed by atoms with Crippen molar-refractivity contribution in [2.45, 2.75) is 52.4 Å². The molecule has 21 heavy (non-hydrogen) atoms. The van der Waals surface area contributed by atoms with Gasteiger partial charge < -0.3 is 0 Å². The van der Waals surface area contributed by atoms with Crippen LogP contribution in [-0.2, 0) is 0 Å². The molecule has 0 aliphatic carbocycles. The third-order valence-electron chi connectivity index (χ3n) is 4.25. The van der Waals surface area contributed by atoms with Crippen molar-refractivity contribution in [2.75, 3.05) is 6.54 Å². The number of nitrogens with zero attached hydrogens (tertiary/aromatic N) is 1.